The van der Waals surface area contributed by atoms with Crippen LogP contribution < -0.4 is 10.2 Å². The van der Waals surface area contributed by atoms with E-state index in [-0.39, 0.29) is 0 Å². The highest BCUT2D eigenvalue weighted by molar-refractivity contribution is 5.52. The molecule has 15 heavy (non-hydrogen) atoms. The van der Waals surface area contributed by atoms with Crippen molar-refractivity contribution >= 4 is 5.69 Å². The Kier molecular flexibility index (Phi) is 4.56. The minimum Gasteiger partial charge on any atom is -0.372 e. The lowest BCUT2D eigenvalue weighted by Gasteiger charge is -2.28. The third-order valence-corrected chi connectivity index (χ3v) is 2.88. The van der Waals surface area contributed by atoms with E-state index in [1.54, 1.807) is 0 Å². The molecule has 1 rings (SSSR count). The van der Waals surface area contributed by atoms with Crippen LogP contribution in [0.3, 0.4) is 0 Å². The molecule has 1 N–H and O–H groups in total. The van der Waals surface area contributed by atoms with Gasteiger partial charge in [-0.3, -0.25) is 4.98 Å². The maximum atomic E-state index is 4.16. The van der Waals surface area contributed by atoms with Gasteiger partial charge in [-0.1, -0.05) is 6.92 Å². The molecule has 0 aliphatic carbocycles. The molecule has 0 fully saturated rings. The third kappa shape index (κ3) is 2.93. The van der Waals surface area contributed by atoms with Gasteiger partial charge in [0.25, 0.3) is 0 Å². The molecule has 1 aromatic heterocycles. The lowest BCUT2D eigenvalue weighted by molar-refractivity contribution is 0.658. The number of aromatic nitrogens is 1. The van der Waals surface area contributed by atoms with E-state index in [1.165, 1.54) is 11.3 Å². The highest BCUT2D eigenvalue weighted by Gasteiger charge is 2.11. The summed E-state index contributed by atoms with van der Waals surface area (Å²) in [5, 5.41) is 3.17. The van der Waals surface area contributed by atoms with E-state index in [0.29, 0.717) is 6.04 Å². The van der Waals surface area contributed by atoms with Gasteiger partial charge in [0.05, 0.1) is 0 Å². The Morgan fingerprint density at radius 3 is 2.87 bits per heavy atom. The van der Waals surface area contributed by atoms with Crippen LogP contribution in [0.1, 0.15) is 25.8 Å². The number of rotatable bonds is 5. The van der Waals surface area contributed by atoms with Crippen LogP contribution in [0.2, 0.25) is 0 Å². The van der Waals surface area contributed by atoms with Crippen molar-refractivity contribution in [1.29, 1.82) is 0 Å². The van der Waals surface area contributed by atoms with Gasteiger partial charge >= 0.3 is 0 Å². The molecule has 0 spiro atoms. The highest BCUT2D eigenvalue weighted by atomic mass is 15.1. The first-order chi connectivity index (χ1) is 7.20. The number of hydrogen-bond donors (Lipinski definition) is 1. The van der Waals surface area contributed by atoms with Crippen LogP contribution in [0.15, 0.2) is 18.5 Å². The Bertz CT molecular complexity index is 299. The standard InChI is InChI=1S/C12H21N3/c1-5-10(2)15(4)12-6-7-14-9-11(12)8-13-3/h6-7,9-10,13H,5,8H2,1-4H3. The average molecular weight is 207 g/mol. The van der Waals surface area contributed by atoms with Gasteiger partial charge in [0.2, 0.25) is 0 Å². The first-order valence-corrected chi connectivity index (χ1v) is 5.51. The Morgan fingerprint density at radius 2 is 2.27 bits per heavy atom. The first kappa shape index (κ1) is 12.0. The fourth-order valence-corrected chi connectivity index (χ4v) is 1.60. The second-order valence-electron chi connectivity index (χ2n) is 3.90. The minimum absolute atomic E-state index is 0.558. The van der Waals surface area contributed by atoms with Crippen LogP contribution in [0.5, 0.6) is 0 Å². The van der Waals surface area contributed by atoms with Gasteiger partial charge < -0.3 is 10.2 Å². The summed E-state index contributed by atoms with van der Waals surface area (Å²) >= 11 is 0. The SMILES string of the molecule is CCC(C)N(C)c1ccncc1CNC. The second kappa shape index (κ2) is 5.71. The molecule has 3 nitrogen and oxygen atoms in total. The molecular formula is C12H21N3. The zero-order valence-corrected chi connectivity index (χ0v) is 10.1. The largest absolute Gasteiger partial charge is 0.372 e. The number of hydrogen-bond acceptors (Lipinski definition) is 3. The molecule has 0 aromatic carbocycles. The number of nitrogens with zero attached hydrogens (tertiary/aromatic N) is 2. The summed E-state index contributed by atoms with van der Waals surface area (Å²) in [5.41, 5.74) is 2.52. The molecule has 3 heteroatoms. The second-order valence-corrected chi connectivity index (χ2v) is 3.90. The summed E-state index contributed by atoms with van der Waals surface area (Å²) in [5.74, 6) is 0. The number of nitrogens with one attached hydrogen (secondary N) is 1. The molecule has 0 radical (unpaired) electrons. The highest BCUT2D eigenvalue weighted by Crippen LogP contribution is 2.20. The molecule has 0 saturated carbocycles. The van der Waals surface area contributed by atoms with Crippen molar-refractivity contribution in [2.45, 2.75) is 32.9 Å². The predicted octanol–water partition coefficient (Wildman–Crippen LogP) is 2.04. The number of anilines is 1. The van der Waals surface area contributed by atoms with Crippen molar-refractivity contribution < 1.29 is 0 Å². The fraction of sp³-hybridized carbons (Fsp3) is 0.583. The Balaban J connectivity index is 2.91. The third-order valence-electron chi connectivity index (χ3n) is 2.88. The van der Waals surface area contributed by atoms with Crippen molar-refractivity contribution in [1.82, 2.24) is 10.3 Å². The Morgan fingerprint density at radius 1 is 1.53 bits per heavy atom. The zero-order valence-electron chi connectivity index (χ0n) is 10.1. The van der Waals surface area contributed by atoms with Gasteiger partial charge in [0.1, 0.15) is 0 Å². The van der Waals surface area contributed by atoms with Crippen molar-refractivity contribution in [2.24, 2.45) is 0 Å². The van der Waals surface area contributed by atoms with E-state index in [4.69, 9.17) is 0 Å². The van der Waals surface area contributed by atoms with Crippen molar-refractivity contribution in [3.8, 4) is 0 Å². The normalized spacial score (nSPS) is 12.5. The summed E-state index contributed by atoms with van der Waals surface area (Å²) in [6, 6.07) is 2.64. The smallest absolute Gasteiger partial charge is 0.0442 e. The lowest BCUT2D eigenvalue weighted by Crippen LogP contribution is -2.29. The lowest BCUT2D eigenvalue weighted by atomic mass is 10.1. The quantitative estimate of drug-likeness (QED) is 0.801. The van der Waals surface area contributed by atoms with Crippen LogP contribution in [0, 0.1) is 0 Å². The van der Waals surface area contributed by atoms with Gasteiger partial charge in [-0.05, 0) is 26.5 Å². The molecule has 84 valence electrons. The van der Waals surface area contributed by atoms with Crippen molar-refractivity contribution in [3.05, 3.63) is 24.0 Å². The Hall–Kier alpha value is -1.09. The summed E-state index contributed by atoms with van der Waals surface area (Å²) in [4.78, 5) is 6.48. The summed E-state index contributed by atoms with van der Waals surface area (Å²) in [7, 11) is 4.10. The maximum absolute atomic E-state index is 4.16. The molecule has 1 heterocycles. The maximum Gasteiger partial charge on any atom is 0.0442 e. The van der Waals surface area contributed by atoms with E-state index >= 15 is 0 Å². The van der Waals surface area contributed by atoms with E-state index in [1.807, 2.05) is 19.4 Å². The van der Waals surface area contributed by atoms with Gasteiger partial charge in [-0.2, -0.15) is 0 Å². The van der Waals surface area contributed by atoms with Gasteiger partial charge in [-0.15, -0.1) is 0 Å². The molecule has 0 saturated heterocycles. The summed E-state index contributed by atoms with van der Waals surface area (Å²) in [6.45, 7) is 5.31. The number of pyridine rings is 1. The van der Waals surface area contributed by atoms with Crippen LogP contribution in [-0.2, 0) is 6.54 Å². The monoisotopic (exact) mass is 207 g/mol. The predicted molar refractivity (Wildman–Crippen MR) is 65.2 cm³/mol. The van der Waals surface area contributed by atoms with Gasteiger partial charge in [0.15, 0.2) is 0 Å². The first-order valence-electron chi connectivity index (χ1n) is 5.51. The zero-order chi connectivity index (χ0) is 11.3. The molecular weight excluding hydrogens is 186 g/mol. The van der Waals surface area contributed by atoms with E-state index < -0.39 is 0 Å². The van der Waals surface area contributed by atoms with E-state index in [0.717, 1.165) is 13.0 Å². The van der Waals surface area contributed by atoms with Crippen LogP contribution in [0.25, 0.3) is 0 Å². The molecule has 0 aliphatic heterocycles. The fourth-order valence-electron chi connectivity index (χ4n) is 1.60. The molecule has 0 aliphatic rings. The molecule has 1 aromatic rings. The van der Waals surface area contributed by atoms with E-state index in [2.05, 4.69) is 42.2 Å². The van der Waals surface area contributed by atoms with Gasteiger partial charge in [0, 0.05) is 43.3 Å². The van der Waals surface area contributed by atoms with Gasteiger partial charge in [-0.25, -0.2) is 0 Å². The van der Waals surface area contributed by atoms with Crippen molar-refractivity contribution in [3.63, 3.8) is 0 Å². The molecule has 0 bridgehead atoms. The van der Waals surface area contributed by atoms with Crippen molar-refractivity contribution in [2.75, 3.05) is 19.0 Å². The topological polar surface area (TPSA) is 28.2 Å². The summed E-state index contributed by atoms with van der Waals surface area (Å²) < 4.78 is 0. The van der Waals surface area contributed by atoms with Crippen LogP contribution >= 0.6 is 0 Å². The van der Waals surface area contributed by atoms with E-state index in [9.17, 15) is 0 Å². The summed E-state index contributed by atoms with van der Waals surface area (Å²) in [6.07, 6.45) is 4.94. The molecule has 0 amide bonds. The molecule has 1 atom stereocenters. The van der Waals surface area contributed by atoms with Crippen LogP contribution in [-0.4, -0.2) is 25.1 Å². The Labute approximate surface area is 92.5 Å². The minimum atomic E-state index is 0.558. The average Bonchev–Trinajstić information content (AvgIpc) is 2.28. The molecule has 1 unspecified atom stereocenters. The van der Waals surface area contributed by atoms with Crippen LogP contribution in [0.4, 0.5) is 5.69 Å².